The summed E-state index contributed by atoms with van der Waals surface area (Å²) in [5, 5.41) is 2.14. The SMILES string of the molecule is C[N@+]1(C(=O)c2cccc3ccccc23)CCN(c2ncc[nH]2)[C@@H](Cc2ccccc2)C1. The molecule has 0 unspecified atom stereocenters. The number of carbonyl (C=O) groups is 1. The molecule has 1 amide bonds. The normalized spacial score (nSPS) is 21.3. The summed E-state index contributed by atoms with van der Waals surface area (Å²) in [4.78, 5) is 23.9. The maximum atomic E-state index is 13.9. The highest BCUT2D eigenvalue weighted by Gasteiger charge is 2.43. The summed E-state index contributed by atoms with van der Waals surface area (Å²) >= 11 is 0. The van der Waals surface area contributed by atoms with E-state index in [0.717, 1.165) is 48.3 Å². The molecule has 0 radical (unpaired) electrons. The van der Waals surface area contributed by atoms with Gasteiger partial charge < -0.3 is 9.88 Å². The smallest absolute Gasteiger partial charge is 0.331 e. The second-order valence-corrected chi connectivity index (χ2v) is 8.58. The Kier molecular flexibility index (Phi) is 5.04. The number of nitrogens with zero attached hydrogens (tertiary/aromatic N) is 3. The number of aromatic nitrogens is 2. The number of hydrogen-bond acceptors (Lipinski definition) is 3. The molecule has 4 aromatic rings. The number of quaternary nitrogens is 1. The second kappa shape index (κ2) is 8.00. The third kappa shape index (κ3) is 3.73. The standard InChI is InChI=1S/C26H27N4O/c1-30(25(31)24-13-7-11-21-10-5-6-12-23(21)24)17-16-29(26-27-14-15-28-26)22(19-30)18-20-8-3-2-4-9-20/h2-15,22H,16-19H2,1H3,(H,27,28)/q+1/t22-,30-/m0/s1. The van der Waals surface area contributed by atoms with Crippen LogP contribution in [-0.2, 0) is 6.42 Å². The van der Waals surface area contributed by atoms with Crippen molar-refractivity contribution >= 4 is 22.6 Å². The van der Waals surface area contributed by atoms with Crippen molar-refractivity contribution in [1.29, 1.82) is 0 Å². The largest absolute Gasteiger partial charge is 0.346 e. The third-order valence-electron chi connectivity index (χ3n) is 6.47. The number of H-pyrrole nitrogens is 1. The predicted octanol–water partition coefficient (Wildman–Crippen LogP) is 4.28. The molecule has 2 heterocycles. The van der Waals surface area contributed by atoms with Crippen LogP contribution in [0, 0.1) is 0 Å². The summed E-state index contributed by atoms with van der Waals surface area (Å²) in [7, 11) is 2.08. The monoisotopic (exact) mass is 411 g/mol. The number of carbonyl (C=O) groups excluding carboxylic acids is 1. The average molecular weight is 412 g/mol. The van der Waals surface area contributed by atoms with Crippen molar-refractivity contribution in [2.45, 2.75) is 12.5 Å². The Morgan fingerprint density at radius 1 is 1.06 bits per heavy atom. The van der Waals surface area contributed by atoms with Gasteiger partial charge in [0.2, 0.25) is 5.95 Å². The summed E-state index contributed by atoms with van der Waals surface area (Å²) in [6.45, 7) is 2.25. The van der Waals surface area contributed by atoms with Gasteiger partial charge in [-0.25, -0.2) is 9.78 Å². The Morgan fingerprint density at radius 3 is 2.65 bits per heavy atom. The molecule has 5 nitrogen and oxygen atoms in total. The van der Waals surface area contributed by atoms with Crippen molar-refractivity contribution in [1.82, 2.24) is 9.97 Å². The van der Waals surface area contributed by atoms with Gasteiger partial charge >= 0.3 is 5.91 Å². The molecule has 1 fully saturated rings. The van der Waals surface area contributed by atoms with Gasteiger partial charge in [-0.05, 0) is 28.8 Å². The molecule has 1 aromatic heterocycles. The van der Waals surface area contributed by atoms with E-state index in [2.05, 4.69) is 64.4 Å². The lowest BCUT2D eigenvalue weighted by Gasteiger charge is -2.45. The Morgan fingerprint density at radius 2 is 1.84 bits per heavy atom. The van der Waals surface area contributed by atoms with Gasteiger partial charge in [0.05, 0.1) is 25.2 Å². The number of nitrogens with one attached hydrogen (secondary N) is 1. The highest BCUT2D eigenvalue weighted by molar-refractivity contribution is 6.04. The number of rotatable bonds is 4. The van der Waals surface area contributed by atoms with Gasteiger partial charge in [0.1, 0.15) is 13.1 Å². The summed E-state index contributed by atoms with van der Waals surface area (Å²) in [6.07, 6.45) is 4.52. The molecule has 1 N–H and O–H groups in total. The first kappa shape index (κ1) is 19.5. The van der Waals surface area contributed by atoms with Gasteiger partial charge in [0.15, 0.2) is 0 Å². The van der Waals surface area contributed by atoms with Crippen LogP contribution in [0.25, 0.3) is 10.8 Å². The van der Waals surface area contributed by atoms with Crippen LogP contribution in [0.4, 0.5) is 5.95 Å². The van der Waals surface area contributed by atoms with Gasteiger partial charge in [-0.1, -0.05) is 66.7 Å². The van der Waals surface area contributed by atoms with Gasteiger partial charge in [-0.2, -0.15) is 0 Å². The van der Waals surface area contributed by atoms with E-state index in [0.29, 0.717) is 4.48 Å². The number of amides is 1. The van der Waals surface area contributed by atoms with Crippen LogP contribution in [-0.4, -0.2) is 53.1 Å². The Balaban J connectivity index is 1.48. The first-order valence-corrected chi connectivity index (χ1v) is 10.8. The second-order valence-electron chi connectivity index (χ2n) is 8.58. The van der Waals surface area contributed by atoms with Crippen molar-refractivity contribution < 1.29 is 9.28 Å². The van der Waals surface area contributed by atoms with E-state index in [9.17, 15) is 4.79 Å². The fraction of sp³-hybridized carbons (Fsp3) is 0.231. The minimum absolute atomic E-state index is 0.172. The molecular formula is C26H27N4O+. The first-order valence-electron chi connectivity index (χ1n) is 10.8. The van der Waals surface area contributed by atoms with Crippen LogP contribution >= 0.6 is 0 Å². The Labute approximate surface area is 182 Å². The molecule has 0 saturated carbocycles. The van der Waals surface area contributed by atoms with E-state index in [-0.39, 0.29) is 11.9 Å². The number of hydrogen-bond donors (Lipinski definition) is 1. The van der Waals surface area contributed by atoms with E-state index >= 15 is 0 Å². The Bertz CT molecular complexity index is 1180. The van der Waals surface area contributed by atoms with Crippen LogP contribution in [0.1, 0.15) is 15.9 Å². The molecule has 5 heteroatoms. The molecule has 31 heavy (non-hydrogen) atoms. The van der Waals surface area contributed by atoms with Crippen LogP contribution < -0.4 is 4.90 Å². The zero-order chi connectivity index (χ0) is 21.3. The molecule has 1 saturated heterocycles. The highest BCUT2D eigenvalue weighted by atomic mass is 16.2. The zero-order valence-corrected chi connectivity index (χ0v) is 17.7. The van der Waals surface area contributed by atoms with Crippen LogP contribution in [0.2, 0.25) is 0 Å². The average Bonchev–Trinajstić information content (AvgIpc) is 3.34. The lowest BCUT2D eigenvalue weighted by Crippen LogP contribution is -2.65. The van der Waals surface area contributed by atoms with Crippen molar-refractivity contribution in [3.8, 4) is 0 Å². The van der Waals surface area contributed by atoms with Crippen molar-refractivity contribution in [3.63, 3.8) is 0 Å². The lowest BCUT2D eigenvalue weighted by atomic mass is 9.98. The molecule has 1 aliphatic rings. The van der Waals surface area contributed by atoms with Crippen LogP contribution in [0.3, 0.4) is 0 Å². The van der Waals surface area contributed by atoms with E-state index in [1.54, 1.807) is 6.20 Å². The fourth-order valence-electron chi connectivity index (χ4n) is 4.81. The van der Waals surface area contributed by atoms with Gasteiger partial charge in [0, 0.05) is 12.4 Å². The number of imidazole rings is 1. The third-order valence-corrected chi connectivity index (χ3v) is 6.47. The van der Waals surface area contributed by atoms with Gasteiger partial charge in [-0.15, -0.1) is 0 Å². The fourth-order valence-corrected chi connectivity index (χ4v) is 4.81. The van der Waals surface area contributed by atoms with E-state index in [1.807, 2.05) is 36.5 Å². The van der Waals surface area contributed by atoms with E-state index in [4.69, 9.17) is 0 Å². The quantitative estimate of drug-likeness (QED) is 0.510. The van der Waals surface area contributed by atoms with Crippen molar-refractivity contribution in [2.24, 2.45) is 0 Å². The number of likely N-dealkylation sites (N-methyl/N-ethyl adjacent to an activating group) is 1. The predicted molar refractivity (Wildman–Crippen MR) is 124 cm³/mol. The highest BCUT2D eigenvalue weighted by Crippen LogP contribution is 2.28. The molecule has 3 aromatic carbocycles. The van der Waals surface area contributed by atoms with E-state index in [1.165, 1.54) is 5.56 Å². The number of anilines is 1. The summed E-state index contributed by atoms with van der Waals surface area (Å²) < 4.78 is 0.392. The van der Waals surface area contributed by atoms with Crippen LogP contribution in [0.5, 0.6) is 0 Å². The zero-order valence-electron chi connectivity index (χ0n) is 17.7. The first-order chi connectivity index (χ1) is 15.1. The molecule has 0 spiro atoms. The minimum Gasteiger partial charge on any atom is -0.331 e. The number of aromatic amines is 1. The molecule has 0 aliphatic carbocycles. The van der Waals surface area contributed by atoms with Crippen molar-refractivity contribution in [2.75, 3.05) is 31.6 Å². The summed E-state index contributed by atoms with van der Waals surface area (Å²) in [5.41, 5.74) is 2.08. The number of fused-ring (bicyclic) bond motifs is 1. The maximum Gasteiger partial charge on any atom is 0.346 e. The summed E-state index contributed by atoms with van der Waals surface area (Å²) in [6, 6.07) is 24.9. The molecule has 1 aliphatic heterocycles. The Hall–Kier alpha value is -3.44. The topological polar surface area (TPSA) is 49.0 Å². The minimum atomic E-state index is 0.172. The maximum absolute atomic E-state index is 13.9. The van der Waals surface area contributed by atoms with Crippen LogP contribution in [0.15, 0.2) is 85.2 Å². The number of piperazine rings is 1. The van der Waals surface area contributed by atoms with Gasteiger partial charge in [-0.3, -0.25) is 4.48 Å². The molecule has 0 bridgehead atoms. The molecule has 5 rings (SSSR count). The van der Waals surface area contributed by atoms with E-state index < -0.39 is 0 Å². The molecular weight excluding hydrogens is 384 g/mol. The molecule has 2 atom stereocenters. The van der Waals surface area contributed by atoms with Gasteiger partial charge in [0.25, 0.3) is 0 Å². The van der Waals surface area contributed by atoms with Crippen molar-refractivity contribution in [3.05, 3.63) is 96.3 Å². The number of benzene rings is 3. The molecule has 156 valence electrons. The summed E-state index contributed by atoms with van der Waals surface area (Å²) in [5.74, 6) is 1.07. The lowest BCUT2D eigenvalue weighted by molar-refractivity contribution is -0.832.